The molecule has 0 amide bonds. The van der Waals surface area contributed by atoms with E-state index < -0.39 is 14.3 Å². The minimum Gasteiger partial charge on any atom is -0.539 e. The van der Waals surface area contributed by atoms with E-state index in [1.807, 2.05) is 0 Å². The second-order valence-electron chi connectivity index (χ2n) is 3.49. The van der Waals surface area contributed by atoms with Crippen LogP contribution < -0.4 is 0 Å². The molecule has 0 aliphatic carbocycles. The Hall–Kier alpha value is -0.773. The summed E-state index contributed by atoms with van der Waals surface area (Å²) in [5, 5.41) is 0. The molecule has 0 aromatic rings. The summed E-state index contributed by atoms with van der Waals surface area (Å²) in [7, 11) is -1.77. The first-order valence-electron chi connectivity index (χ1n) is 5.60. The van der Waals surface area contributed by atoms with Crippen LogP contribution in [-0.2, 0) is 14.0 Å². The molecule has 15 heavy (non-hydrogen) atoms. The van der Waals surface area contributed by atoms with E-state index in [0.717, 1.165) is 18.1 Å². The van der Waals surface area contributed by atoms with Crippen LogP contribution in [0.2, 0.25) is 18.1 Å². The summed E-state index contributed by atoms with van der Waals surface area (Å²) >= 11 is 0. The van der Waals surface area contributed by atoms with Crippen molar-refractivity contribution in [3.63, 3.8) is 0 Å². The second-order valence-corrected chi connectivity index (χ2v) is 8.18. The lowest BCUT2D eigenvalue weighted by molar-refractivity contribution is -0.141. The topological polar surface area (TPSA) is 35.5 Å². The van der Waals surface area contributed by atoms with Crippen LogP contribution in [0.3, 0.4) is 0 Å². The summed E-state index contributed by atoms with van der Waals surface area (Å²) in [6, 6.07) is 3.00. The quantitative estimate of drug-likeness (QED) is 0.292. The minimum atomic E-state index is -1.77. The maximum Gasteiger partial charge on any atom is 0.371 e. The molecule has 0 saturated carbocycles. The second kappa shape index (κ2) is 6.66. The highest BCUT2D eigenvalue weighted by Gasteiger charge is 2.32. The van der Waals surface area contributed by atoms with Crippen LogP contribution in [0.15, 0.2) is 12.3 Å². The highest BCUT2D eigenvalue weighted by atomic mass is 28.4. The van der Waals surface area contributed by atoms with E-state index in [2.05, 4.69) is 27.4 Å². The average molecular weight is 230 g/mol. The Morgan fingerprint density at radius 1 is 1.13 bits per heavy atom. The maximum atomic E-state index is 11.3. The molecule has 0 unspecified atom stereocenters. The van der Waals surface area contributed by atoms with Crippen molar-refractivity contribution in [3.8, 4) is 0 Å². The molecule has 0 aromatic carbocycles. The summed E-state index contributed by atoms with van der Waals surface area (Å²) in [5.74, 6) is -0.251. The molecule has 0 aliphatic heterocycles. The van der Waals surface area contributed by atoms with Crippen molar-refractivity contribution in [2.45, 2.75) is 45.8 Å². The van der Waals surface area contributed by atoms with Gasteiger partial charge in [0.2, 0.25) is 0 Å². The first-order chi connectivity index (χ1) is 7.05. The molecule has 0 saturated heterocycles. The number of esters is 1. The number of ether oxygens (including phenoxy) is 1. The summed E-state index contributed by atoms with van der Waals surface area (Å²) in [4.78, 5) is 11.3. The smallest absolute Gasteiger partial charge is 0.371 e. The maximum absolute atomic E-state index is 11.3. The van der Waals surface area contributed by atoms with Gasteiger partial charge in [0.1, 0.15) is 0 Å². The van der Waals surface area contributed by atoms with Gasteiger partial charge in [-0.1, -0.05) is 27.4 Å². The molecular formula is C11H22O3Si. The first kappa shape index (κ1) is 14.2. The standard InChI is InChI=1S/C11H22O3Si/c1-6-13-11(12)10(5)14-15(7-2,8-3)9-4/h5-9H2,1-4H3. The predicted molar refractivity (Wildman–Crippen MR) is 64.1 cm³/mol. The average Bonchev–Trinajstić information content (AvgIpc) is 2.26. The number of carbonyl (C=O) groups excluding carboxylic acids is 1. The third kappa shape index (κ3) is 4.07. The number of carbonyl (C=O) groups is 1. The number of hydrogen-bond acceptors (Lipinski definition) is 3. The summed E-state index contributed by atoms with van der Waals surface area (Å²) in [6.45, 7) is 12.1. The van der Waals surface area contributed by atoms with Gasteiger partial charge in [-0.3, -0.25) is 0 Å². The van der Waals surface area contributed by atoms with E-state index in [9.17, 15) is 4.79 Å². The zero-order chi connectivity index (χ0) is 11.9. The Bertz CT molecular complexity index is 214. The lowest BCUT2D eigenvalue weighted by Crippen LogP contribution is -2.36. The van der Waals surface area contributed by atoms with Crippen LogP contribution in [0, 0.1) is 0 Å². The molecule has 0 atom stereocenters. The van der Waals surface area contributed by atoms with Gasteiger partial charge in [-0.25, -0.2) is 4.79 Å². The fraction of sp³-hybridized carbons (Fsp3) is 0.727. The van der Waals surface area contributed by atoms with Crippen molar-refractivity contribution in [2.75, 3.05) is 6.61 Å². The minimum absolute atomic E-state index is 0.175. The van der Waals surface area contributed by atoms with Crippen molar-refractivity contribution in [2.24, 2.45) is 0 Å². The highest BCUT2D eigenvalue weighted by molar-refractivity contribution is 6.74. The van der Waals surface area contributed by atoms with Gasteiger partial charge in [0.05, 0.1) is 6.61 Å². The molecular weight excluding hydrogens is 208 g/mol. The third-order valence-corrected chi connectivity index (χ3v) is 7.32. The highest BCUT2D eigenvalue weighted by Crippen LogP contribution is 2.24. The van der Waals surface area contributed by atoms with Crippen LogP contribution in [0.4, 0.5) is 0 Å². The van der Waals surface area contributed by atoms with Crippen molar-refractivity contribution in [3.05, 3.63) is 12.3 Å². The summed E-state index contributed by atoms with van der Waals surface area (Å²) < 4.78 is 10.6. The fourth-order valence-corrected chi connectivity index (χ4v) is 4.02. The molecule has 0 N–H and O–H groups in total. The molecule has 0 bridgehead atoms. The van der Waals surface area contributed by atoms with E-state index in [0.29, 0.717) is 6.61 Å². The van der Waals surface area contributed by atoms with Crippen LogP contribution in [0.25, 0.3) is 0 Å². The Balaban J connectivity index is 4.41. The Kier molecular flexibility index (Phi) is 6.32. The molecule has 3 nitrogen and oxygen atoms in total. The van der Waals surface area contributed by atoms with E-state index in [-0.39, 0.29) is 5.76 Å². The van der Waals surface area contributed by atoms with Crippen LogP contribution >= 0.6 is 0 Å². The van der Waals surface area contributed by atoms with E-state index >= 15 is 0 Å². The lowest BCUT2D eigenvalue weighted by Gasteiger charge is -2.28. The first-order valence-corrected chi connectivity index (χ1v) is 8.13. The van der Waals surface area contributed by atoms with Gasteiger partial charge in [-0.2, -0.15) is 0 Å². The molecule has 0 heterocycles. The van der Waals surface area contributed by atoms with Gasteiger partial charge >= 0.3 is 5.97 Å². The zero-order valence-corrected chi connectivity index (χ0v) is 11.3. The molecule has 88 valence electrons. The van der Waals surface area contributed by atoms with Gasteiger partial charge in [0.15, 0.2) is 5.76 Å². The molecule has 0 rings (SSSR count). The van der Waals surface area contributed by atoms with Crippen molar-refractivity contribution in [1.29, 1.82) is 0 Å². The van der Waals surface area contributed by atoms with E-state index in [4.69, 9.17) is 9.16 Å². The number of rotatable bonds is 7. The van der Waals surface area contributed by atoms with Gasteiger partial charge in [-0.15, -0.1) is 0 Å². The van der Waals surface area contributed by atoms with E-state index in [1.165, 1.54) is 0 Å². The van der Waals surface area contributed by atoms with Gasteiger partial charge in [0, 0.05) is 0 Å². The fourth-order valence-electron chi connectivity index (χ4n) is 1.48. The summed E-state index contributed by atoms with van der Waals surface area (Å²) in [6.07, 6.45) is 0. The molecule has 0 aliphatic rings. The SMILES string of the molecule is C=C(O[Si](CC)(CC)CC)C(=O)OCC. The van der Waals surface area contributed by atoms with E-state index in [1.54, 1.807) is 6.92 Å². The lowest BCUT2D eigenvalue weighted by atomic mass is 10.6. The van der Waals surface area contributed by atoms with Crippen molar-refractivity contribution >= 4 is 14.3 Å². The Morgan fingerprint density at radius 3 is 1.93 bits per heavy atom. The third-order valence-electron chi connectivity index (χ3n) is 2.78. The molecule has 0 aromatic heterocycles. The van der Waals surface area contributed by atoms with Crippen molar-refractivity contribution < 1.29 is 14.0 Å². The molecule has 0 fully saturated rings. The van der Waals surface area contributed by atoms with Gasteiger partial charge in [0.25, 0.3) is 8.32 Å². The largest absolute Gasteiger partial charge is 0.539 e. The predicted octanol–water partition coefficient (Wildman–Crippen LogP) is 3.09. The normalized spacial score (nSPS) is 10.9. The van der Waals surface area contributed by atoms with Crippen LogP contribution in [0.1, 0.15) is 27.7 Å². The van der Waals surface area contributed by atoms with Gasteiger partial charge in [-0.05, 0) is 25.1 Å². The van der Waals surface area contributed by atoms with Crippen molar-refractivity contribution in [1.82, 2.24) is 0 Å². The zero-order valence-electron chi connectivity index (χ0n) is 10.3. The molecule has 4 heteroatoms. The number of hydrogen-bond donors (Lipinski definition) is 0. The van der Waals surface area contributed by atoms with Gasteiger partial charge < -0.3 is 9.16 Å². The van der Waals surface area contributed by atoms with Crippen LogP contribution in [-0.4, -0.2) is 20.9 Å². The van der Waals surface area contributed by atoms with Crippen LogP contribution in [0.5, 0.6) is 0 Å². The molecule has 0 spiro atoms. The Labute approximate surface area is 93.6 Å². The monoisotopic (exact) mass is 230 g/mol. The summed E-state index contributed by atoms with van der Waals surface area (Å²) in [5.41, 5.74) is 0. The Morgan fingerprint density at radius 2 is 1.60 bits per heavy atom. The molecule has 0 radical (unpaired) electrons.